The number of H-pyrrole nitrogens is 1. The van der Waals surface area contributed by atoms with E-state index < -0.39 is 6.04 Å². The molecule has 12 heavy (non-hydrogen) atoms. The summed E-state index contributed by atoms with van der Waals surface area (Å²) in [7, 11) is 0. The third-order valence-corrected chi connectivity index (χ3v) is 1.34. The minimum absolute atomic E-state index is 0.218. The van der Waals surface area contributed by atoms with Gasteiger partial charge in [0.15, 0.2) is 5.82 Å². The minimum atomic E-state index is -0.707. The molecule has 0 spiro atoms. The number of carbonyl (C=O) groups is 1. The maximum absolute atomic E-state index is 11.2. The molecule has 1 atom stereocenters. The maximum Gasteiger partial charge on any atom is 0.206 e. The molecule has 62 valence electrons. The van der Waals surface area contributed by atoms with E-state index in [1.54, 1.807) is 0 Å². The van der Waals surface area contributed by atoms with Crippen molar-refractivity contribution in [1.29, 1.82) is 0 Å². The van der Waals surface area contributed by atoms with E-state index in [9.17, 15) is 4.79 Å². The molecule has 0 aliphatic rings. The van der Waals surface area contributed by atoms with Crippen LogP contribution in [0.15, 0.2) is 17.5 Å². The second kappa shape index (κ2) is 3.54. The molecule has 0 amide bonds. The van der Waals surface area contributed by atoms with Crippen LogP contribution in [0.5, 0.6) is 0 Å². The Balaban J connectivity index is 2.79. The molecule has 6 nitrogen and oxygen atoms in total. The van der Waals surface area contributed by atoms with Gasteiger partial charge in [0.05, 0.1) is 0 Å². The summed E-state index contributed by atoms with van der Waals surface area (Å²) in [6, 6.07) is -0.707. The molecule has 0 saturated carbocycles. The van der Waals surface area contributed by atoms with Crippen LogP contribution in [-0.2, 0) is 0 Å². The summed E-state index contributed by atoms with van der Waals surface area (Å²) in [4.78, 5) is 20.1. The molecular formula is C6H7N5O. The van der Waals surface area contributed by atoms with E-state index >= 15 is 0 Å². The Bertz CT molecular complexity index is 311. The minimum Gasteiger partial charge on any atom is -0.342 e. The standard InChI is InChI=1S/C6H7N5O/c1-4(10-11-7)5(12)6-8-2-3-9-6/h2-4H,1H3,(H,8,9). The monoisotopic (exact) mass is 165 g/mol. The first-order chi connectivity index (χ1) is 5.75. The average Bonchev–Trinajstić information content (AvgIpc) is 2.55. The number of hydrogen-bond acceptors (Lipinski definition) is 3. The third kappa shape index (κ3) is 1.62. The van der Waals surface area contributed by atoms with Crippen LogP contribution in [-0.4, -0.2) is 21.8 Å². The molecule has 0 bridgehead atoms. The van der Waals surface area contributed by atoms with Gasteiger partial charge in [-0.1, -0.05) is 5.11 Å². The van der Waals surface area contributed by atoms with Crippen molar-refractivity contribution in [3.63, 3.8) is 0 Å². The molecule has 1 rings (SSSR count). The molecule has 0 aliphatic heterocycles. The van der Waals surface area contributed by atoms with Gasteiger partial charge in [-0.15, -0.1) is 0 Å². The van der Waals surface area contributed by atoms with Gasteiger partial charge in [0.1, 0.15) is 6.04 Å². The zero-order valence-electron chi connectivity index (χ0n) is 6.43. The van der Waals surface area contributed by atoms with Crippen molar-refractivity contribution >= 4 is 5.78 Å². The molecular weight excluding hydrogens is 158 g/mol. The molecule has 1 heterocycles. The third-order valence-electron chi connectivity index (χ3n) is 1.34. The van der Waals surface area contributed by atoms with Crippen molar-refractivity contribution in [3.8, 4) is 0 Å². The molecule has 0 aromatic carbocycles. The Kier molecular flexibility index (Phi) is 2.45. The number of imidazole rings is 1. The number of hydrogen-bond donors (Lipinski definition) is 1. The maximum atomic E-state index is 11.2. The van der Waals surface area contributed by atoms with E-state index in [1.807, 2.05) is 0 Å². The summed E-state index contributed by atoms with van der Waals surface area (Å²) in [5.74, 6) is -0.0901. The predicted molar refractivity (Wildman–Crippen MR) is 41.5 cm³/mol. The van der Waals surface area contributed by atoms with Crippen molar-refractivity contribution in [2.75, 3.05) is 0 Å². The van der Waals surface area contributed by atoms with E-state index in [1.165, 1.54) is 19.3 Å². The van der Waals surface area contributed by atoms with Crippen LogP contribution < -0.4 is 0 Å². The quantitative estimate of drug-likeness (QED) is 0.316. The van der Waals surface area contributed by atoms with Crippen LogP contribution in [0.1, 0.15) is 17.5 Å². The molecule has 0 saturated heterocycles. The highest BCUT2D eigenvalue weighted by Crippen LogP contribution is 1.99. The Morgan fingerprint density at radius 1 is 1.92 bits per heavy atom. The Labute approximate surface area is 68.3 Å². The van der Waals surface area contributed by atoms with E-state index in [-0.39, 0.29) is 11.6 Å². The van der Waals surface area contributed by atoms with E-state index in [2.05, 4.69) is 20.0 Å². The molecule has 1 N–H and O–H groups in total. The van der Waals surface area contributed by atoms with E-state index in [0.717, 1.165) is 0 Å². The molecule has 0 fully saturated rings. The van der Waals surface area contributed by atoms with Crippen molar-refractivity contribution in [2.45, 2.75) is 13.0 Å². The number of nitrogens with one attached hydrogen (secondary N) is 1. The number of aromatic nitrogens is 2. The van der Waals surface area contributed by atoms with Crippen molar-refractivity contribution < 1.29 is 4.79 Å². The molecule has 0 radical (unpaired) electrons. The Hall–Kier alpha value is -1.81. The highest BCUT2D eigenvalue weighted by Gasteiger charge is 2.14. The van der Waals surface area contributed by atoms with Crippen LogP contribution in [0, 0.1) is 0 Å². The van der Waals surface area contributed by atoms with Gasteiger partial charge in [-0.05, 0) is 12.5 Å². The molecule has 0 aliphatic carbocycles. The summed E-state index contributed by atoms with van der Waals surface area (Å²) >= 11 is 0. The fraction of sp³-hybridized carbons (Fsp3) is 0.333. The lowest BCUT2D eigenvalue weighted by Gasteiger charge is -1.97. The average molecular weight is 165 g/mol. The molecule has 1 aromatic heterocycles. The Morgan fingerprint density at radius 2 is 2.67 bits per heavy atom. The molecule has 6 heteroatoms. The predicted octanol–water partition coefficient (Wildman–Crippen LogP) is 1.29. The lowest BCUT2D eigenvalue weighted by Crippen LogP contribution is -2.15. The highest BCUT2D eigenvalue weighted by atomic mass is 16.1. The van der Waals surface area contributed by atoms with Crippen molar-refractivity contribution in [1.82, 2.24) is 9.97 Å². The number of Topliss-reactive ketones (excluding diaryl/α,β-unsaturated/α-hetero) is 1. The fourth-order valence-electron chi connectivity index (χ4n) is 0.728. The first-order valence-corrected chi connectivity index (χ1v) is 3.33. The smallest absolute Gasteiger partial charge is 0.206 e. The van der Waals surface area contributed by atoms with Crippen molar-refractivity contribution in [2.24, 2.45) is 5.11 Å². The number of nitrogens with zero attached hydrogens (tertiary/aromatic N) is 4. The number of carbonyl (C=O) groups excluding carboxylic acids is 1. The Morgan fingerprint density at radius 3 is 3.17 bits per heavy atom. The normalized spacial score (nSPS) is 11.8. The van der Waals surface area contributed by atoms with Gasteiger partial charge in [-0.2, -0.15) is 0 Å². The first kappa shape index (κ1) is 8.29. The van der Waals surface area contributed by atoms with Crippen LogP contribution in [0.2, 0.25) is 0 Å². The van der Waals surface area contributed by atoms with Crippen LogP contribution in [0.25, 0.3) is 10.4 Å². The lowest BCUT2D eigenvalue weighted by molar-refractivity contribution is 0.0959. The van der Waals surface area contributed by atoms with Crippen LogP contribution >= 0.6 is 0 Å². The van der Waals surface area contributed by atoms with E-state index in [4.69, 9.17) is 5.53 Å². The summed E-state index contributed by atoms with van der Waals surface area (Å²) < 4.78 is 0. The summed E-state index contributed by atoms with van der Waals surface area (Å²) in [5, 5.41) is 3.25. The summed E-state index contributed by atoms with van der Waals surface area (Å²) in [6.07, 6.45) is 3.01. The largest absolute Gasteiger partial charge is 0.342 e. The van der Waals surface area contributed by atoms with Gasteiger partial charge in [0, 0.05) is 17.3 Å². The van der Waals surface area contributed by atoms with Gasteiger partial charge < -0.3 is 4.98 Å². The summed E-state index contributed by atoms with van der Waals surface area (Å²) in [5.41, 5.74) is 8.06. The van der Waals surface area contributed by atoms with Gasteiger partial charge >= 0.3 is 0 Å². The second-order valence-corrected chi connectivity index (χ2v) is 2.18. The highest BCUT2D eigenvalue weighted by molar-refractivity contribution is 5.96. The first-order valence-electron chi connectivity index (χ1n) is 3.33. The molecule has 1 unspecified atom stereocenters. The molecule has 1 aromatic rings. The number of azide groups is 1. The van der Waals surface area contributed by atoms with E-state index in [0.29, 0.717) is 0 Å². The SMILES string of the molecule is CC(N=[N+]=[N-])C(=O)c1ncc[nH]1. The van der Waals surface area contributed by atoms with Crippen LogP contribution in [0.4, 0.5) is 0 Å². The van der Waals surface area contributed by atoms with Gasteiger partial charge in [-0.3, -0.25) is 4.79 Å². The summed E-state index contributed by atoms with van der Waals surface area (Å²) in [6.45, 7) is 1.52. The van der Waals surface area contributed by atoms with Gasteiger partial charge in [0.25, 0.3) is 0 Å². The second-order valence-electron chi connectivity index (χ2n) is 2.18. The lowest BCUT2D eigenvalue weighted by atomic mass is 10.2. The topological polar surface area (TPSA) is 94.5 Å². The fourth-order valence-corrected chi connectivity index (χ4v) is 0.728. The number of aromatic amines is 1. The number of ketones is 1. The van der Waals surface area contributed by atoms with Gasteiger partial charge in [0.2, 0.25) is 5.78 Å². The van der Waals surface area contributed by atoms with Crippen LogP contribution in [0.3, 0.4) is 0 Å². The van der Waals surface area contributed by atoms with Crippen molar-refractivity contribution in [3.05, 3.63) is 28.7 Å². The number of rotatable bonds is 3. The zero-order chi connectivity index (χ0) is 8.97. The zero-order valence-corrected chi connectivity index (χ0v) is 6.43. The van der Waals surface area contributed by atoms with Gasteiger partial charge in [-0.25, -0.2) is 4.98 Å².